The summed E-state index contributed by atoms with van der Waals surface area (Å²) < 4.78 is 7.03. The third-order valence-corrected chi connectivity index (χ3v) is 4.52. The molecule has 2 fully saturated rings. The molecule has 2 aromatic heterocycles. The van der Waals surface area contributed by atoms with Gasteiger partial charge in [0.25, 0.3) is 0 Å². The van der Waals surface area contributed by atoms with Crippen LogP contribution in [0.2, 0.25) is 0 Å². The Hall–Kier alpha value is -1.73. The van der Waals surface area contributed by atoms with Gasteiger partial charge in [0.15, 0.2) is 11.5 Å². The summed E-state index contributed by atoms with van der Waals surface area (Å²) in [5.74, 6) is 1.75. The molecule has 0 amide bonds. The Kier molecular flexibility index (Phi) is 3.04. The SMILES string of the molecule is COCc1nc(N2[C@@H]3CC[C@H]2CNC3)c2cnn(C)c2n1. The average molecular weight is 288 g/mol. The van der Waals surface area contributed by atoms with Crippen LogP contribution in [0.1, 0.15) is 18.7 Å². The summed E-state index contributed by atoms with van der Waals surface area (Å²) in [5.41, 5.74) is 0.880. The van der Waals surface area contributed by atoms with Gasteiger partial charge in [-0.05, 0) is 12.8 Å². The standard InChI is InChI=1S/C14H20N6O/c1-19-13-11(7-16-19)14(18-12(17-13)8-21-2)20-9-3-4-10(20)6-15-5-9/h7,9-10,15H,3-6,8H2,1-2H3/t9-,10+. The molecule has 2 atom stereocenters. The summed E-state index contributed by atoms with van der Waals surface area (Å²) in [6, 6.07) is 1.05. The van der Waals surface area contributed by atoms with Crippen LogP contribution in [0.3, 0.4) is 0 Å². The number of rotatable bonds is 3. The Morgan fingerprint density at radius 3 is 2.76 bits per heavy atom. The van der Waals surface area contributed by atoms with Gasteiger partial charge in [-0.3, -0.25) is 4.68 Å². The number of aryl methyl sites for hydroxylation is 1. The van der Waals surface area contributed by atoms with Gasteiger partial charge in [-0.25, -0.2) is 9.97 Å². The Morgan fingerprint density at radius 1 is 1.29 bits per heavy atom. The lowest BCUT2D eigenvalue weighted by Crippen LogP contribution is -2.52. The van der Waals surface area contributed by atoms with Gasteiger partial charge in [-0.15, -0.1) is 0 Å². The summed E-state index contributed by atoms with van der Waals surface area (Å²) in [7, 11) is 3.59. The highest BCUT2D eigenvalue weighted by molar-refractivity contribution is 5.87. The number of anilines is 1. The van der Waals surface area contributed by atoms with Gasteiger partial charge in [0, 0.05) is 39.3 Å². The Bertz CT molecular complexity index is 653. The number of piperazine rings is 1. The van der Waals surface area contributed by atoms with Crippen LogP contribution in [0.4, 0.5) is 5.82 Å². The first kappa shape index (κ1) is 13.0. The van der Waals surface area contributed by atoms with Crippen molar-refractivity contribution in [1.82, 2.24) is 25.1 Å². The van der Waals surface area contributed by atoms with Gasteiger partial charge in [-0.2, -0.15) is 5.10 Å². The first-order chi connectivity index (χ1) is 10.3. The van der Waals surface area contributed by atoms with Gasteiger partial charge in [0.05, 0.1) is 11.6 Å². The molecule has 0 saturated carbocycles. The molecule has 7 heteroatoms. The number of nitrogens with one attached hydrogen (secondary N) is 1. The number of methoxy groups -OCH3 is 1. The molecule has 2 bridgehead atoms. The molecule has 2 aliphatic heterocycles. The van der Waals surface area contributed by atoms with Crippen molar-refractivity contribution in [3.8, 4) is 0 Å². The van der Waals surface area contributed by atoms with Gasteiger partial charge in [0.2, 0.25) is 0 Å². The molecule has 2 aromatic rings. The summed E-state index contributed by atoms with van der Waals surface area (Å²) in [6.07, 6.45) is 4.33. The second-order valence-corrected chi connectivity index (χ2v) is 5.85. The maximum Gasteiger partial charge on any atom is 0.163 e. The molecule has 0 spiro atoms. The Morgan fingerprint density at radius 2 is 2.05 bits per heavy atom. The van der Waals surface area contributed by atoms with E-state index in [1.807, 2.05) is 17.9 Å². The number of hydrogen-bond acceptors (Lipinski definition) is 6. The van der Waals surface area contributed by atoms with Crippen molar-refractivity contribution in [2.24, 2.45) is 7.05 Å². The maximum atomic E-state index is 5.22. The zero-order valence-electron chi connectivity index (χ0n) is 12.4. The van der Waals surface area contributed by atoms with E-state index >= 15 is 0 Å². The van der Waals surface area contributed by atoms with Crippen LogP contribution in [-0.4, -0.2) is 52.0 Å². The normalized spacial score (nSPS) is 25.0. The molecule has 4 rings (SSSR count). The van der Waals surface area contributed by atoms with Crippen LogP contribution in [-0.2, 0) is 18.4 Å². The predicted octanol–water partition coefficient (Wildman–Crippen LogP) is 0.450. The number of nitrogens with zero attached hydrogens (tertiary/aromatic N) is 5. The molecule has 2 aliphatic rings. The monoisotopic (exact) mass is 288 g/mol. The lowest BCUT2D eigenvalue weighted by Gasteiger charge is -2.36. The fourth-order valence-electron chi connectivity index (χ4n) is 3.57. The molecule has 0 aromatic carbocycles. The van der Waals surface area contributed by atoms with E-state index in [2.05, 4.69) is 20.3 Å². The quantitative estimate of drug-likeness (QED) is 0.884. The number of fused-ring (bicyclic) bond motifs is 3. The van der Waals surface area contributed by atoms with Crippen molar-refractivity contribution in [3.63, 3.8) is 0 Å². The summed E-state index contributed by atoms with van der Waals surface area (Å²) in [4.78, 5) is 11.8. The van der Waals surface area contributed by atoms with Crippen LogP contribution in [0.15, 0.2) is 6.20 Å². The molecule has 4 heterocycles. The van der Waals surface area contributed by atoms with Gasteiger partial charge in [0.1, 0.15) is 12.4 Å². The highest BCUT2D eigenvalue weighted by Crippen LogP contribution is 2.35. The van der Waals surface area contributed by atoms with Crippen molar-refractivity contribution in [2.45, 2.75) is 31.5 Å². The van der Waals surface area contributed by atoms with E-state index in [9.17, 15) is 0 Å². The maximum absolute atomic E-state index is 5.22. The van der Waals surface area contributed by atoms with Gasteiger partial charge < -0.3 is 15.0 Å². The van der Waals surface area contributed by atoms with Crippen molar-refractivity contribution in [2.75, 3.05) is 25.1 Å². The van der Waals surface area contributed by atoms with E-state index < -0.39 is 0 Å². The van der Waals surface area contributed by atoms with Crippen LogP contribution in [0, 0.1) is 0 Å². The molecule has 0 radical (unpaired) electrons. The topological polar surface area (TPSA) is 68.1 Å². The van der Waals surface area contributed by atoms with E-state index in [0.717, 1.165) is 35.8 Å². The molecule has 7 nitrogen and oxygen atoms in total. The van der Waals surface area contributed by atoms with E-state index in [0.29, 0.717) is 18.7 Å². The first-order valence-corrected chi connectivity index (χ1v) is 7.44. The summed E-state index contributed by atoms with van der Waals surface area (Å²) in [6.45, 7) is 2.49. The summed E-state index contributed by atoms with van der Waals surface area (Å²) in [5, 5.41) is 8.90. The second kappa shape index (κ2) is 4.92. The van der Waals surface area contributed by atoms with Crippen LogP contribution in [0.5, 0.6) is 0 Å². The minimum Gasteiger partial charge on any atom is -0.377 e. The van der Waals surface area contributed by atoms with Crippen LogP contribution in [0.25, 0.3) is 11.0 Å². The Labute approximate surface area is 123 Å². The van der Waals surface area contributed by atoms with Crippen LogP contribution >= 0.6 is 0 Å². The smallest absolute Gasteiger partial charge is 0.163 e. The summed E-state index contributed by atoms with van der Waals surface area (Å²) >= 11 is 0. The molecule has 1 N–H and O–H groups in total. The fraction of sp³-hybridized carbons (Fsp3) is 0.643. The van der Waals surface area contributed by atoms with E-state index in [1.54, 1.807) is 7.11 Å². The molecule has 2 saturated heterocycles. The van der Waals surface area contributed by atoms with Crippen molar-refractivity contribution in [1.29, 1.82) is 0 Å². The minimum atomic E-state index is 0.426. The number of ether oxygens (including phenoxy) is 1. The lowest BCUT2D eigenvalue weighted by atomic mass is 10.2. The zero-order valence-corrected chi connectivity index (χ0v) is 12.4. The molecular formula is C14H20N6O. The molecule has 21 heavy (non-hydrogen) atoms. The van der Waals surface area contributed by atoms with E-state index in [-0.39, 0.29) is 0 Å². The second-order valence-electron chi connectivity index (χ2n) is 5.85. The van der Waals surface area contributed by atoms with Gasteiger partial charge in [-0.1, -0.05) is 0 Å². The predicted molar refractivity (Wildman–Crippen MR) is 79.2 cm³/mol. The molecule has 0 aliphatic carbocycles. The molecule has 0 unspecified atom stereocenters. The van der Waals surface area contributed by atoms with Crippen LogP contribution < -0.4 is 10.2 Å². The zero-order chi connectivity index (χ0) is 14.4. The van der Waals surface area contributed by atoms with E-state index in [4.69, 9.17) is 9.72 Å². The first-order valence-electron chi connectivity index (χ1n) is 7.44. The minimum absolute atomic E-state index is 0.426. The lowest BCUT2D eigenvalue weighted by molar-refractivity contribution is 0.178. The third-order valence-electron chi connectivity index (χ3n) is 4.52. The largest absolute Gasteiger partial charge is 0.377 e. The van der Waals surface area contributed by atoms with E-state index in [1.165, 1.54) is 12.8 Å². The number of aromatic nitrogens is 4. The Balaban J connectivity index is 1.86. The molecular weight excluding hydrogens is 268 g/mol. The third kappa shape index (κ3) is 1.99. The highest BCUT2D eigenvalue weighted by atomic mass is 16.5. The molecule has 112 valence electrons. The average Bonchev–Trinajstić information content (AvgIpc) is 2.97. The van der Waals surface area contributed by atoms with Gasteiger partial charge >= 0.3 is 0 Å². The highest BCUT2D eigenvalue weighted by Gasteiger charge is 2.38. The fourth-order valence-corrected chi connectivity index (χ4v) is 3.57. The van der Waals surface area contributed by atoms with Crippen molar-refractivity contribution in [3.05, 3.63) is 12.0 Å². The van der Waals surface area contributed by atoms with Crippen molar-refractivity contribution < 1.29 is 4.74 Å². The van der Waals surface area contributed by atoms with Crippen molar-refractivity contribution >= 4 is 16.9 Å². The number of hydrogen-bond donors (Lipinski definition) is 1.